The average Bonchev–Trinajstić information content (AvgIpc) is 2.55. The number of nitrogens with one attached hydrogen (secondary N) is 2. The molecule has 26 heavy (non-hydrogen) atoms. The van der Waals surface area contributed by atoms with Gasteiger partial charge in [-0.15, -0.1) is 0 Å². The first-order valence-electron chi connectivity index (χ1n) is 9.17. The normalized spacial score (nSPS) is 17.3. The predicted octanol–water partition coefficient (Wildman–Crippen LogP) is 3.77. The van der Waals surface area contributed by atoms with Crippen molar-refractivity contribution in [3.8, 4) is 5.75 Å². The molecule has 1 atom stereocenters. The average molecular weight is 369 g/mol. The van der Waals surface area contributed by atoms with E-state index in [1.54, 1.807) is 12.1 Å². The van der Waals surface area contributed by atoms with Gasteiger partial charge >= 0.3 is 12.6 Å². The van der Waals surface area contributed by atoms with Gasteiger partial charge in [-0.3, -0.25) is 0 Å². The van der Waals surface area contributed by atoms with E-state index < -0.39 is 6.61 Å². The number of carbonyl (C=O) groups excluding carboxylic acids is 1. The molecule has 2 N–H and O–H groups in total. The standard InChI is InChI=1S/C19H29F2N3O2/c1-13(2)12-24-9-7-16(8-10-24)23-19(25)22-14(3)15-5-4-6-17(11-15)26-18(20)21/h4-6,11,13-14,16,18H,7-10,12H2,1-3H3,(H2,22,23,25). The number of hydrogen-bond acceptors (Lipinski definition) is 3. The van der Waals surface area contributed by atoms with Crippen LogP contribution in [0.3, 0.4) is 0 Å². The predicted molar refractivity (Wildman–Crippen MR) is 97.5 cm³/mol. The monoisotopic (exact) mass is 369 g/mol. The van der Waals surface area contributed by atoms with Crippen LogP contribution in [-0.2, 0) is 0 Å². The number of amides is 2. The first-order valence-corrected chi connectivity index (χ1v) is 9.17. The van der Waals surface area contributed by atoms with Crippen molar-refractivity contribution in [2.75, 3.05) is 19.6 Å². The topological polar surface area (TPSA) is 53.6 Å². The molecular formula is C19H29F2N3O2. The Morgan fingerprint density at radius 2 is 1.96 bits per heavy atom. The van der Waals surface area contributed by atoms with Crippen molar-refractivity contribution in [2.45, 2.75) is 52.3 Å². The van der Waals surface area contributed by atoms with Crippen molar-refractivity contribution >= 4 is 6.03 Å². The molecule has 0 radical (unpaired) electrons. The number of nitrogens with zero attached hydrogens (tertiary/aromatic N) is 1. The maximum Gasteiger partial charge on any atom is 0.387 e. The van der Waals surface area contributed by atoms with Crippen LogP contribution in [0.4, 0.5) is 13.6 Å². The van der Waals surface area contributed by atoms with E-state index >= 15 is 0 Å². The SMILES string of the molecule is CC(C)CN1CCC(NC(=O)NC(C)c2cccc(OC(F)F)c2)CC1. The molecule has 0 aliphatic carbocycles. The van der Waals surface area contributed by atoms with Crippen molar-refractivity contribution in [3.63, 3.8) is 0 Å². The van der Waals surface area contributed by atoms with Gasteiger partial charge in [-0.2, -0.15) is 8.78 Å². The molecule has 7 heteroatoms. The second kappa shape index (κ2) is 9.71. The number of benzene rings is 1. The lowest BCUT2D eigenvalue weighted by atomic mass is 10.0. The van der Waals surface area contributed by atoms with E-state index in [2.05, 4.69) is 34.1 Å². The Kier molecular flexibility index (Phi) is 7.63. The first-order chi connectivity index (χ1) is 12.3. The molecule has 2 rings (SSSR count). The third-order valence-electron chi connectivity index (χ3n) is 4.48. The number of piperidine rings is 1. The van der Waals surface area contributed by atoms with Crippen molar-refractivity contribution in [2.24, 2.45) is 5.92 Å². The molecule has 1 aromatic carbocycles. The van der Waals surface area contributed by atoms with Crippen LogP contribution in [0.15, 0.2) is 24.3 Å². The van der Waals surface area contributed by atoms with E-state index in [4.69, 9.17) is 0 Å². The summed E-state index contributed by atoms with van der Waals surface area (Å²) in [5.74, 6) is 0.734. The molecule has 1 aliphatic heterocycles. The third kappa shape index (κ3) is 6.78. The lowest BCUT2D eigenvalue weighted by Crippen LogP contribution is -2.48. The largest absolute Gasteiger partial charge is 0.435 e. The van der Waals surface area contributed by atoms with Gasteiger partial charge < -0.3 is 20.3 Å². The number of hydrogen-bond donors (Lipinski definition) is 2. The van der Waals surface area contributed by atoms with Gasteiger partial charge in [0.05, 0.1) is 6.04 Å². The number of carbonyl (C=O) groups is 1. The summed E-state index contributed by atoms with van der Waals surface area (Å²) in [7, 11) is 0. The second-order valence-corrected chi connectivity index (χ2v) is 7.26. The van der Waals surface area contributed by atoms with Gasteiger partial charge in [0.15, 0.2) is 0 Å². The lowest BCUT2D eigenvalue weighted by Gasteiger charge is -2.33. The van der Waals surface area contributed by atoms with Crippen molar-refractivity contribution < 1.29 is 18.3 Å². The number of rotatable bonds is 7. The van der Waals surface area contributed by atoms with Gasteiger partial charge in [-0.05, 0) is 43.4 Å². The Bertz CT molecular complexity index is 576. The summed E-state index contributed by atoms with van der Waals surface area (Å²) in [6.45, 7) is 6.44. The molecule has 0 saturated carbocycles. The highest BCUT2D eigenvalue weighted by molar-refractivity contribution is 5.74. The fourth-order valence-corrected chi connectivity index (χ4v) is 3.24. The highest BCUT2D eigenvalue weighted by atomic mass is 19.3. The van der Waals surface area contributed by atoms with Gasteiger partial charge in [0, 0.05) is 25.7 Å². The van der Waals surface area contributed by atoms with Gasteiger partial charge in [-0.1, -0.05) is 26.0 Å². The van der Waals surface area contributed by atoms with Crippen LogP contribution in [0.5, 0.6) is 5.75 Å². The zero-order valence-corrected chi connectivity index (χ0v) is 15.7. The van der Waals surface area contributed by atoms with E-state index in [1.165, 1.54) is 12.1 Å². The highest BCUT2D eigenvalue weighted by Gasteiger charge is 2.21. The summed E-state index contributed by atoms with van der Waals surface area (Å²) < 4.78 is 29.0. The van der Waals surface area contributed by atoms with Gasteiger partial charge in [0.25, 0.3) is 0 Å². The zero-order valence-electron chi connectivity index (χ0n) is 15.7. The molecule has 0 bridgehead atoms. The molecular weight excluding hydrogens is 340 g/mol. The van der Waals surface area contributed by atoms with Gasteiger partial charge in [0.2, 0.25) is 0 Å². The maximum atomic E-state index is 12.3. The van der Waals surface area contributed by atoms with Crippen LogP contribution in [-0.4, -0.2) is 43.2 Å². The van der Waals surface area contributed by atoms with Crippen LogP contribution < -0.4 is 15.4 Å². The van der Waals surface area contributed by atoms with Crippen LogP contribution in [0, 0.1) is 5.92 Å². The molecule has 1 fully saturated rings. The minimum absolute atomic E-state index is 0.0871. The van der Waals surface area contributed by atoms with Crippen LogP contribution in [0.2, 0.25) is 0 Å². The number of likely N-dealkylation sites (tertiary alicyclic amines) is 1. The lowest BCUT2D eigenvalue weighted by molar-refractivity contribution is -0.0499. The smallest absolute Gasteiger partial charge is 0.387 e. The maximum absolute atomic E-state index is 12.3. The Balaban J connectivity index is 1.79. The van der Waals surface area contributed by atoms with Crippen molar-refractivity contribution in [3.05, 3.63) is 29.8 Å². The Morgan fingerprint density at radius 3 is 2.58 bits per heavy atom. The molecule has 0 spiro atoms. The molecule has 1 heterocycles. The van der Waals surface area contributed by atoms with E-state index in [0.717, 1.165) is 32.5 Å². The molecule has 1 unspecified atom stereocenters. The molecule has 5 nitrogen and oxygen atoms in total. The quantitative estimate of drug-likeness (QED) is 0.769. The summed E-state index contributed by atoms with van der Waals surface area (Å²) in [4.78, 5) is 14.7. The van der Waals surface area contributed by atoms with Crippen LogP contribution in [0.25, 0.3) is 0 Å². The van der Waals surface area contributed by atoms with Crippen LogP contribution in [0.1, 0.15) is 45.2 Å². The third-order valence-corrected chi connectivity index (χ3v) is 4.48. The van der Waals surface area contributed by atoms with E-state index in [-0.39, 0.29) is 23.9 Å². The summed E-state index contributed by atoms with van der Waals surface area (Å²) >= 11 is 0. The Hall–Kier alpha value is -1.89. The van der Waals surface area contributed by atoms with Crippen molar-refractivity contribution in [1.29, 1.82) is 0 Å². The number of urea groups is 1. The Labute approximate surface area is 154 Å². The van der Waals surface area contributed by atoms with Crippen molar-refractivity contribution in [1.82, 2.24) is 15.5 Å². The summed E-state index contributed by atoms with van der Waals surface area (Å²) in [5.41, 5.74) is 0.713. The number of alkyl halides is 2. The van der Waals surface area contributed by atoms with Gasteiger partial charge in [-0.25, -0.2) is 4.79 Å². The molecule has 146 valence electrons. The molecule has 2 amide bonds. The Morgan fingerprint density at radius 1 is 1.27 bits per heavy atom. The first kappa shape index (κ1) is 20.4. The number of halogens is 2. The minimum atomic E-state index is -2.86. The molecule has 1 saturated heterocycles. The van der Waals surface area contributed by atoms with Crippen LogP contribution >= 0.6 is 0 Å². The second-order valence-electron chi connectivity index (χ2n) is 7.26. The summed E-state index contributed by atoms with van der Waals surface area (Å²) in [5, 5.41) is 5.87. The molecule has 0 aromatic heterocycles. The van der Waals surface area contributed by atoms with Gasteiger partial charge in [0.1, 0.15) is 5.75 Å². The van der Waals surface area contributed by atoms with E-state index in [0.29, 0.717) is 11.5 Å². The molecule has 1 aromatic rings. The van der Waals surface area contributed by atoms with E-state index in [1.807, 2.05) is 6.92 Å². The summed E-state index contributed by atoms with van der Waals surface area (Å²) in [6.07, 6.45) is 1.87. The zero-order chi connectivity index (χ0) is 19.1. The minimum Gasteiger partial charge on any atom is -0.435 e. The number of ether oxygens (including phenoxy) is 1. The fourth-order valence-electron chi connectivity index (χ4n) is 3.24. The van der Waals surface area contributed by atoms with E-state index in [9.17, 15) is 13.6 Å². The molecule has 1 aliphatic rings. The summed E-state index contributed by atoms with van der Waals surface area (Å²) in [6, 6.07) is 6.01. The fraction of sp³-hybridized carbons (Fsp3) is 0.632. The highest BCUT2D eigenvalue weighted by Crippen LogP contribution is 2.20.